The van der Waals surface area contributed by atoms with Gasteiger partial charge in [-0.25, -0.2) is 8.42 Å². The zero-order valence-corrected chi connectivity index (χ0v) is 14.6. The fourth-order valence-electron chi connectivity index (χ4n) is 2.31. The van der Waals surface area contributed by atoms with Gasteiger partial charge >= 0.3 is 0 Å². The molecule has 0 radical (unpaired) electrons. The predicted molar refractivity (Wildman–Crippen MR) is 95.8 cm³/mol. The summed E-state index contributed by atoms with van der Waals surface area (Å²) in [5.74, 6) is -0.496. The van der Waals surface area contributed by atoms with Gasteiger partial charge in [-0.2, -0.15) is 10.4 Å². The standard InChI is InChI=1S/C15H20N6O3S/c1-2-25(22,23)11-3-4-14(21-5-7-24-8-6-21)12(9-11)19-20-13(10-16)15(17)18/h3-4,9,19H,2,5-8H2,1H3,(H3,17,18)/b20-13+. The minimum Gasteiger partial charge on any atom is -0.382 e. The molecule has 1 heterocycles. The third kappa shape index (κ3) is 4.46. The molecule has 2 rings (SSSR count). The van der Waals surface area contributed by atoms with E-state index in [4.69, 9.17) is 21.1 Å². The second kappa shape index (κ2) is 7.96. The molecule has 1 fully saturated rings. The summed E-state index contributed by atoms with van der Waals surface area (Å²) in [5.41, 5.74) is 8.84. The number of benzene rings is 1. The topological polar surface area (TPSA) is 145 Å². The molecule has 1 saturated heterocycles. The van der Waals surface area contributed by atoms with E-state index in [9.17, 15) is 8.42 Å². The summed E-state index contributed by atoms with van der Waals surface area (Å²) >= 11 is 0. The Labute approximate surface area is 146 Å². The molecule has 134 valence electrons. The number of rotatable bonds is 6. The van der Waals surface area contributed by atoms with Crippen molar-refractivity contribution >= 4 is 32.8 Å². The zero-order valence-electron chi connectivity index (χ0n) is 13.8. The number of nitrogens with zero attached hydrogens (tertiary/aromatic N) is 3. The predicted octanol–water partition coefficient (Wildman–Crippen LogP) is 0.544. The fraction of sp³-hybridized carbons (Fsp3) is 0.400. The number of nitrogens with two attached hydrogens (primary N) is 1. The smallest absolute Gasteiger partial charge is 0.201 e. The molecule has 0 aliphatic carbocycles. The first kappa shape index (κ1) is 18.7. The van der Waals surface area contributed by atoms with Gasteiger partial charge in [0.05, 0.1) is 35.2 Å². The molecule has 9 nitrogen and oxygen atoms in total. The number of amidine groups is 1. The van der Waals surface area contributed by atoms with Gasteiger partial charge in [0.25, 0.3) is 0 Å². The van der Waals surface area contributed by atoms with Crippen molar-refractivity contribution < 1.29 is 13.2 Å². The second-order valence-corrected chi connectivity index (χ2v) is 7.56. The van der Waals surface area contributed by atoms with Crippen LogP contribution in [0.25, 0.3) is 0 Å². The number of anilines is 2. The highest BCUT2D eigenvalue weighted by Gasteiger charge is 2.19. The Morgan fingerprint density at radius 3 is 2.72 bits per heavy atom. The number of hydrogen-bond donors (Lipinski definition) is 3. The van der Waals surface area contributed by atoms with Crippen molar-refractivity contribution in [2.24, 2.45) is 10.8 Å². The highest BCUT2D eigenvalue weighted by Crippen LogP contribution is 2.30. The molecule has 25 heavy (non-hydrogen) atoms. The largest absolute Gasteiger partial charge is 0.382 e. The molecule has 0 amide bonds. The van der Waals surface area contributed by atoms with E-state index in [0.717, 1.165) is 5.69 Å². The molecule has 10 heteroatoms. The lowest BCUT2D eigenvalue weighted by molar-refractivity contribution is 0.123. The van der Waals surface area contributed by atoms with E-state index in [1.54, 1.807) is 25.1 Å². The molecule has 4 N–H and O–H groups in total. The van der Waals surface area contributed by atoms with Crippen LogP contribution in [0.5, 0.6) is 0 Å². The van der Waals surface area contributed by atoms with E-state index in [-0.39, 0.29) is 16.4 Å². The monoisotopic (exact) mass is 364 g/mol. The van der Waals surface area contributed by atoms with Gasteiger partial charge in [-0.1, -0.05) is 6.92 Å². The molecule has 0 spiro atoms. The van der Waals surface area contributed by atoms with Crippen LogP contribution >= 0.6 is 0 Å². The Bertz CT molecular complexity index is 822. The number of sulfone groups is 1. The van der Waals surface area contributed by atoms with Crippen LogP contribution in [0.2, 0.25) is 0 Å². The SMILES string of the molecule is CCS(=O)(=O)c1ccc(N2CCOCC2)c(N/N=C(\C#N)C(=N)N)c1. The van der Waals surface area contributed by atoms with Crippen LogP contribution in [0.3, 0.4) is 0 Å². The Morgan fingerprint density at radius 1 is 1.48 bits per heavy atom. The van der Waals surface area contributed by atoms with Crippen LogP contribution in [0, 0.1) is 16.7 Å². The van der Waals surface area contributed by atoms with Crippen molar-refractivity contribution in [1.82, 2.24) is 0 Å². The first-order valence-electron chi connectivity index (χ1n) is 7.66. The molecule has 1 aromatic carbocycles. The Kier molecular flexibility index (Phi) is 5.95. The molecule has 0 bridgehead atoms. The molecule has 1 aromatic rings. The summed E-state index contributed by atoms with van der Waals surface area (Å²) in [6, 6.07) is 6.44. The fourth-order valence-corrected chi connectivity index (χ4v) is 3.21. The molecule has 1 aliphatic rings. The van der Waals surface area contributed by atoms with Crippen molar-refractivity contribution in [3.8, 4) is 6.07 Å². The van der Waals surface area contributed by atoms with Gasteiger partial charge < -0.3 is 15.4 Å². The van der Waals surface area contributed by atoms with Crippen LogP contribution in [-0.4, -0.2) is 52.0 Å². The maximum atomic E-state index is 12.1. The van der Waals surface area contributed by atoms with Gasteiger partial charge in [-0.05, 0) is 18.2 Å². The summed E-state index contributed by atoms with van der Waals surface area (Å²) in [6.45, 7) is 4.00. The van der Waals surface area contributed by atoms with Gasteiger partial charge in [0.2, 0.25) is 5.71 Å². The quantitative estimate of drug-likeness (QED) is 0.379. The number of morpholine rings is 1. The number of nitrogens with one attached hydrogen (secondary N) is 2. The average Bonchev–Trinajstić information content (AvgIpc) is 2.62. The second-order valence-electron chi connectivity index (χ2n) is 5.28. The van der Waals surface area contributed by atoms with Crippen molar-refractivity contribution in [2.45, 2.75) is 11.8 Å². The van der Waals surface area contributed by atoms with E-state index in [0.29, 0.717) is 32.0 Å². The highest BCUT2D eigenvalue weighted by molar-refractivity contribution is 7.91. The lowest BCUT2D eigenvalue weighted by Crippen LogP contribution is -2.36. The molecule has 0 saturated carbocycles. The summed E-state index contributed by atoms with van der Waals surface area (Å²) in [6.07, 6.45) is 0. The van der Waals surface area contributed by atoms with E-state index >= 15 is 0 Å². The molecule has 0 aromatic heterocycles. The van der Waals surface area contributed by atoms with Crippen LogP contribution in [-0.2, 0) is 14.6 Å². The summed E-state index contributed by atoms with van der Waals surface area (Å²) in [5, 5.41) is 20.1. The van der Waals surface area contributed by atoms with Gasteiger partial charge in [0, 0.05) is 13.1 Å². The van der Waals surface area contributed by atoms with E-state index in [1.807, 2.05) is 4.90 Å². The van der Waals surface area contributed by atoms with Crippen LogP contribution in [0.1, 0.15) is 6.92 Å². The third-order valence-corrected chi connectivity index (χ3v) is 5.44. The van der Waals surface area contributed by atoms with Crippen molar-refractivity contribution in [3.05, 3.63) is 18.2 Å². The first-order chi connectivity index (χ1) is 11.9. The maximum absolute atomic E-state index is 12.1. The average molecular weight is 364 g/mol. The number of nitriles is 1. The van der Waals surface area contributed by atoms with E-state index in [2.05, 4.69) is 10.5 Å². The van der Waals surface area contributed by atoms with Crippen molar-refractivity contribution in [2.75, 3.05) is 42.4 Å². The normalized spacial score (nSPS) is 15.5. The van der Waals surface area contributed by atoms with Gasteiger partial charge in [-0.15, -0.1) is 0 Å². The molecular formula is C15H20N6O3S. The van der Waals surface area contributed by atoms with Crippen LogP contribution in [0.15, 0.2) is 28.2 Å². The number of hydrazone groups is 1. The highest BCUT2D eigenvalue weighted by atomic mass is 32.2. The van der Waals surface area contributed by atoms with Crippen LogP contribution < -0.4 is 16.1 Å². The molecule has 1 aliphatic heterocycles. The van der Waals surface area contributed by atoms with Crippen molar-refractivity contribution in [3.63, 3.8) is 0 Å². The minimum absolute atomic E-state index is 0.0243. The maximum Gasteiger partial charge on any atom is 0.201 e. The van der Waals surface area contributed by atoms with Gasteiger partial charge in [0.1, 0.15) is 6.07 Å². The Hall–Kier alpha value is -2.64. The van der Waals surface area contributed by atoms with E-state index in [1.165, 1.54) is 6.07 Å². The van der Waals surface area contributed by atoms with E-state index < -0.39 is 15.7 Å². The molecule has 0 unspecified atom stereocenters. The zero-order chi connectivity index (χ0) is 18.4. The van der Waals surface area contributed by atoms with Crippen LogP contribution in [0.4, 0.5) is 11.4 Å². The molecule has 0 atom stereocenters. The minimum atomic E-state index is -3.39. The number of ether oxygens (including phenoxy) is 1. The lowest BCUT2D eigenvalue weighted by Gasteiger charge is -2.30. The van der Waals surface area contributed by atoms with Gasteiger partial charge in [0.15, 0.2) is 15.7 Å². The lowest BCUT2D eigenvalue weighted by atomic mass is 10.2. The Morgan fingerprint density at radius 2 is 2.16 bits per heavy atom. The summed E-state index contributed by atoms with van der Waals surface area (Å²) in [4.78, 5) is 2.19. The van der Waals surface area contributed by atoms with Gasteiger partial charge in [-0.3, -0.25) is 10.8 Å². The third-order valence-electron chi connectivity index (χ3n) is 3.71. The van der Waals surface area contributed by atoms with Crippen molar-refractivity contribution in [1.29, 1.82) is 10.7 Å². The first-order valence-corrected chi connectivity index (χ1v) is 9.32. The Balaban J connectivity index is 2.45. The molecular weight excluding hydrogens is 344 g/mol. The summed E-state index contributed by atoms with van der Waals surface area (Å²) in [7, 11) is -3.39. The summed E-state index contributed by atoms with van der Waals surface area (Å²) < 4.78 is 29.6. The number of hydrogen-bond acceptors (Lipinski definition) is 8.